The number of fused-ring (bicyclic) bond motifs is 1. The van der Waals surface area contributed by atoms with Crippen LogP contribution in [0.1, 0.15) is 51.9 Å². The molecule has 2 saturated carbocycles. The Balaban J connectivity index is 1.16. The highest BCUT2D eigenvalue weighted by Crippen LogP contribution is 2.40. The second-order valence-electron chi connectivity index (χ2n) is 10.4. The third kappa shape index (κ3) is 4.56. The van der Waals surface area contributed by atoms with E-state index in [0.29, 0.717) is 0 Å². The standard InChI is InChI=1S/C26H34N6O/c1-26(9-10-26)33-20-7-8-22-21(15-20)25(30-29-22)23-16-24(28-18-27-23)32-13-11-31(12-14-32)17-19-5-3-2-4-6-19/h7-8,15-16,18-19H,2-6,9-14,17H2,1H3,(H,29,30). The van der Waals surface area contributed by atoms with E-state index in [0.717, 1.165) is 78.8 Å². The summed E-state index contributed by atoms with van der Waals surface area (Å²) in [6.45, 7) is 7.69. The Kier molecular flexibility index (Phi) is 5.45. The van der Waals surface area contributed by atoms with Gasteiger partial charge in [-0.1, -0.05) is 19.3 Å². The Morgan fingerprint density at radius 1 is 1.03 bits per heavy atom. The number of anilines is 1. The van der Waals surface area contributed by atoms with E-state index >= 15 is 0 Å². The second-order valence-corrected chi connectivity index (χ2v) is 10.4. The van der Waals surface area contributed by atoms with Crippen molar-refractivity contribution in [3.8, 4) is 17.1 Å². The van der Waals surface area contributed by atoms with Gasteiger partial charge in [0, 0.05) is 44.2 Å². The van der Waals surface area contributed by atoms with Gasteiger partial charge in [0.05, 0.1) is 11.2 Å². The van der Waals surface area contributed by atoms with Gasteiger partial charge in [0.25, 0.3) is 0 Å². The van der Waals surface area contributed by atoms with Crippen molar-refractivity contribution < 1.29 is 4.74 Å². The summed E-state index contributed by atoms with van der Waals surface area (Å²) in [6.07, 6.45) is 11.0. The number of ether oxygens (including phenoxy) is 1. The third-order valence-corrected chi connectivity index (χ3v) is 7.69. The van der Waals surface area contributed by atoms with Gasteiger partial charge in [0.15, 0.2) is 0 Å². The van der Waals surface area contributed by atoms with Crippen LogP contribution in [0.15, 0.2) is 30.6 Å². The molecule has 6 rings (SSSR count). The molecule has 0 bridgehead atoms. The molecule has 1 saturated heterocycles. The number of H-pyrrole nitrogens is 1. The molecule has 2 aliphatic carbocycles. The van der Waals surface area contributed by atoms with Gasteiger partial charge in [0.1, 0.15) is 29.2 Å². The predicted molar refractivity (Wildman–Crippen MR) is 131 cm³/mol. The highest BCUT2D eigenvalue weighted by Gasteiger charge is 2.40. The lowest BCUT2D eigenvalue weighted by atomic mass is 9.89. The zero-order valence-corrected chi connectivity index (χ0v) is 19.6. The number of piperazine rings is 1. The van der Waals surface area contributed by atoms with Crippen molar-refractivity contribution in [1.29, 1.82) is 0 Å². The SMILES string of the molecule is CC1(Oc2ccc3[nH]nc(-c4cc(N5CCN(CC6CCCCC6)CC5)ncn4)c3c2)CC1. The van der Waals surface area contributed by atoms with E-state index in [1.165, 1.54) is 38.6 Å². The minimum Gasteiger partial charge on any atom is -0.488 e. The summed E-state index contributed by atoms with van der Waals surface area (Å²) in [4.78, 5) is 14.2. The summed E-state index contributed by atoms with van der Waals surface area (Å²) in [5, 5.41) is 8.77. The van der Waals surface area contributed by atoms with Crippen LogP contribution in [0.25, 0.3) is 22.3 Å². The van der Waals surface area contributed by atoms with E-state index in [2.05, 4.69) is 49.0 Å². The first-order valence-electron chi connectivity index (χ1n) is 12.6. The Bertz CT molecular complexity index is 1110. The topological polar surface area (TPSA) is 70.2 Å². The molecule has 2 aromatic heterocycles. The maximum atomic E-state index is 6.18. The van der Waals surface area contributed by atoms with Crippen molar-refractivity contribution in [2.75, 3.05) is 37.6 Å². The zero-order valence-electron chi connectivity index (χ0n) is 19.6. The predicted octanol–water partition coefficient (Wildman–Crippen LogP) is 4.65. The number of aromatic nitrogens is 4. The van der Waals surface area contributed by atoms with Crippen LogP contribution < -0.4 is 9.64 Å². The molecular formula is C26H34N6O. The first-order valence-corrected chi connectivity index (χ1v) is 12.6. The van der Waals surface area contributed by atoms with Crippen LogP contribution in [0.5, 0.6) is 5.75 Å². The average molecular weight is 447 g/mol. The van der Waals surface area contributed by atoms with E-state index in [1.54, 1.807) is 6.33 Å². The molecule has 1 N–H and O–H groups in total. The number of nitrogens with zero attached hydrogens (tertiary/aromatic N) is 5. The van der Waals surface area contributed by atoms with Crippen molar-refractivity contribution in [2.24, 2.45) is 5.92 Å². The molecule has 3 heterocycles. The summed E-state index contributed by atoms with van der Waals surface area (Å²) in [6, 6.07) is 8.23. The molecule has 3 fully saturated rings. The summed E-state index contributed by atoms with van der Waals surface area (Å²) >= 11 is 0. The van der Waals surface area contributed by atoms with Gasteiger partial charge in [-0.15, -0.1) is 0 Å². The molecule has 3 aromatic rings. The van der Waals surface area contributed by atoms with Crippen LogP contribution in [0.2, 0.25) is 0 Å². The minimum absolute atomic E-state index is 0.00120. The molecule has 0 spiro atoms. The molecule has 3 aliphatic rings. The number of hydrogen-bond acceptors (Lipinski definition) is 6. The van der Waals surface area contributed by atoms with Crippen molar-refractivity contribution in [1.82, 2.24) is 25.1 Å². The van der Waals surface area contributed by atoms with E-state index in [1.807, 2.05) is 12.1 Å². The highest BCUT2D eigenvalue weighted by molar-refractivity contribution is 5.93. The molecule has 1 aliphatic heterocycles. The summed E-state index contributed by atoms with van der Waals surface area (Å²) in [7, 11) is 0. The third-order valence-electron chi connectivity index (χ3n) is 7.69. The van der Waals surface area contributed by atoms with Crippen LogP contribution >= 0.6 is 0 Å². The molecule has 0 radical (unpaired) electrons. The Morgan fingerprint density at radius 3 is 2.64 bits per heavy atom. The Morgan fingerprint density at radius 2 is 1.85 bits per heavy atom. The molecule has 0 atom stereocenters. The van der Waals surface area contributed by atoms with Gasteiger partial charge in [0.2, 0.25) is 0 Å². The quantitative estimate of drug-likeness (QED) is 0.594. The second kappa shape index (κ2) is 8.60. The van der Waals surface area contributed by atoms with Crippen LogP contribution in [0.3, 0.4) is 0 Å². The Labute approximate surface area is 195 Å². The largest absolute Gasteiger partial charge is 0.488 e. The Hall–Kier alpha value is -2.67. The zero-order chi connectivity index (χ0) is 22.3. The fraction of sp³-hybridized carbons (Fsp3) is 0.577. The molecule has 7 nitrogen and oxygen atoms in total. The maximum absolute atomic E-state index is 6.18. The summed E-state index contributed by atoms with van der Waals surface area (Å²) < 4.78 is 6.18. The van der Waals surface area contributed by atoms with Crippen LogP contribution in [-0.2, 0) is 0 Å². The highest BCUT2D eigenvalue weighted by atomic mass is 16.5. The van der Waals surface area contributed by atoms with Crippen molar-refractivity contribution in [2.45, 2.75) is 57.5 Å². The lowest BCUT2D eigenvalue weighted by molar-refractivity contribution is 0.192. The van der Waals surface area contributed by atoms with E-state index < -0.39 is 0 Å². The number of hydrogen-bond donors (Lipinski definition) is 1. The first-order chi connectivity index (χ1) is 16.2. The van der Waals surface area contributed by atoms with Crippen molar-refractivity contribution in [3.63, 3.8) is 0 Å². The molecule has 1 aromatic carbocycles. The number of nitrogens with one attached hydrogen (secondary N) is 1. The van der Waals surface area contributed by atoms with E-state index in [9.17, 15) is 0 Å². The van der Waals surface area contributed by atoms with Crippen LogP contribution in [-0.4, -0.2) is 63.4 Å². The van der Waals surface area contributed by atoms with Crippen molar-refractivity contribution >= 4 is 16.7 Å². The number of benzene rings is 1. The molecule has 0 unspecified atom stereocenters. The lowest BCUT2D eigenvalue weighted by Crippen LogP contribution is -2.48. The molecular weight excluding hydrogens is 412 g/mol. The van der Waals surface area contributed by atoms with Gasteiger partial charge in [-0.2, -0.15) is 5.10 Å². The van der Waals surface area contributed by atoms with Gasteiger partial charge >= 0.3 is 0 Å². The minimum atomic E-state index is -0.00120. The summed E-state index contributed by atoms with van der Waals surface area (Å²) in [5.74, 6) is 2.79. The molecule has 0 amide bonds. The first kappa shape index (κ1) is 20.9. The number of aromatic amines is 1. The van der Waals surface area contributed by atoms with Gasteiger partial charge in [-0.25, -0.2) is 9.97 Å². The lowest BCUT2D eigenvalue weighted by Gasteiger charge is -2.37. The monoisotopic (exact) mass is 446 g/mol. The van der Waals surface area contributed by atoms with Crippen LogP contribution in [0.4, 0.5) is 5.82 Å². The summed E-state index contributed by atoms with van der Waals surface area (Å²) in [5.41, 5.74) is 2.70. The fourth-order valence-corrected chi connectivity index (χ4v) is 5.36. The smallest absolute Gasteiger partial charge is 0.132 e. The molecule has 33 heavy (non-hydrogen) atoms. The normalized spacial score (nSPS) is 21.4. The molecule has 7 heteroatoms. The van der Waals surface area contributed by atoms with Gasteiger partial charge in [-0.3, -0.25) is 10.00 Å². The van der Waals surface area contributed by atoms with Gasteiger partial charge in [-0.05, 0) is 56.7 Å². The van der Waals surface area contributed by atoms with Gasteiger partial charge < -0.3 is 9.64 Å². The fourth-order valence-electron chi connectivity index (χ4n) is 5.36. The van der Waals surface area contributed by atoms with Crippen LogP contribution in [0, 0.1) is 5.92 Å². The van der Waals surface area contributed by atoms with E-state index in [-0.39, 0.29) is 5.60 Å². The average Bonchev–Trinajstić information content (AvgIpc) is 3.42. The maximum Gasteiger partial charge on any atom is 0.132 e. The van der Waals surface area contributed by atoms with E-state index in [4.69, 9.17) is 4.74 Å². The molecule has 174 valence electrons. The van der Waals surface area contributed by atoms with Crippen molar-refractivity contribution in [3.05, 3.63) is 30.6 Å². The number of rotatable bonds is 6.